The van der Waals surface area contributed by atoms with Crippen molar-refractivity contribution in [3.63, 3.8) is 0 Å². The maximum atomic E-state index is 14.8. The second-order valence-corrected chi connectivity index (χ2v) is 8.82. The van der Waals surface area contributed by atoms with Gasteiger partial charge in [0.1, 0.15) is 23.0 Å². The van der Waals surface area contributed by atoms with Crippen LogP contribution in [0.15, 0.2) is 42.6 Å². The van der Waals surface area contributed by atoms with Crippen molar-refractivity contribution in [2.24, 2.45) is 5.92 Å². The summed E-state index contributed by atoms with van der Waals surface area (Å²) in [4.78, 5) is 13.6. The lowest BCUT2D eigenvalue weighted by Crippen LogP contribution is -2.16. The van der Waals surface area contributed by atoms with Gasteiger partial charge in [-0.15, -0.1) is 0 Å². The molecule has 0 unspecified atom stereocenters. The Balaban J connectivity index is 1.53. The normalized spacial score (nSPS) is 15.9. The molecule has 0 radical (unpaired) electrons. The van der Waals surface area contributed by atoms with Crippen LogP contribution in [0.2, 0.25) is 10.0 Å². The minimum Gasteiger partial charge on any atom is -0.350 e. The molecule has 0 amide bonds. The minimum atomic E-state index is -0.470. The number of imidazole rings is 1. The SMILES string of the molecule is Fc1ccc(CNc2ncc3nc(-c4c(F)cccc4Cl)n(C[C@@H]4CCNC4)c3n2)cc1Cl. The topological polar surface area (TPSA) is 67.7 Å². The van der Waals surface area contributed by atoms with Gasteiger partial charge in [0, 0.05) is 13.1 Å². The molecule has 1 fully saturated rings. The average molecular weight is 489 g/mol. The number of nitrogens with one attached hydrogen (secondary N) is 2. The number of anilines is 1. The Morgan fingerprint density at radius 2 is 1.97 bits per heavy atom. The van der Waals surface area contributed by atoms with Crippen LogP contribution in [-0.4, -0.2) is 32.6 Å². The van der Waals surface area contributed by atoms with E-state index in [9.17, 15) is 8.78 Å². The van der Waals surface area contributed by atoms with Gasteiger partial charge < -0.3 is 15.2 Å². The van der Waals surface area contributed by atoms with Crippen molar-refractivity contribution in [3.05, 3.63) is 69.8 Å². The molecule has 1 saturated heterocycles. The molecule has 0 saturated carbocycles. The number of aromatic nitrogens is 4. The molecule has 0 bridgehead atoms. The number of nitrogens with zero attached hydrogens (tertiary/aromatic N) is 4. The van der Waals surface area contributed by atoms with Gasteiger partial charge in [-0.05, 0) is 55.3 Å². The van der Waals surface area contributed by atoms with Gasteiger partial charge in [0.05, 0.1) is 21.8 Å². The molecule has 10 heteroatoms. The Morgan fingerprint density at radius 3 is 2.73 bits per heavy atom. The second-order valence-electron chi connectivity index (χ2n) is 8.01. The van der Waals surface area contributed by atoms with Crippen molar-refractivity contribution in [1.82, 2.24) is 24.8 Å². The molecule has 2 aromatic heterocycles. The van der Waals surface area contributed by atoms with Crippen molar-refractivity contribution in [2.45, 2.75) is 19.5 Å². The number of rotatable bonds is 6. The lowest BCUT2D eigenvalue weighted by Gasteiger charge is -2.14. The summed E-state index contributed by atoms with van der Waals surface area (Å²) in [6.07, 6.45) is 2.61. The van der Waals surface area contributed by atoms with E-state index in [-0.39, 0.29) is 15.6 Å². The highest BCUT2D eigenvalue weighted by molar-refractivity contribution is 6.33. The Labute approximate surface area is 199 Å². The molecule has 170 valence electrons. The molecule has 3 heterocycles. The van der Waals surface area contributed by atoms with Gasteiger partial charge >= 0.3 is 0 Å². The number of halogens is 4. The van der Waals surface area contributed by atoms with Crippen molar-refractivity contribution in [3.8, 4) is 11.4 Å². The summed E-state index contributed by atoms with van der Waals surface area (Å²) >= 11 is 12.2. The molecule has 0 spiro atoms. The molecule has 4 aromatic rings. The highest BCUT2D eigenvalue weighted by atomic mass is 35.5. The molecule has 1 aliphatic heterocycles. The third kappa shape index (κ3) is 4.51. The molecular formula is C23H20Cl2F2N6. The largest absolute Gasteiger partial charge is 0.350 e. The summed E-state index contributed by atoms with van der Waals surface area (Å²) in [7, 11) is 0. The Bertz CT molecular complexity index is 1300. The van der Waals surface area contributed by atoms with Crippen molar-refractivity contribution < 1.29 is 8.78 Å². The predicted molar refractivity (Wildman–Crippen MR) is 125 cm³/mol. The van der Waals surface area contributed by atoms with Crippen LogP contribution in [0.1, 0.15) is 12.0 Å². The number of hydrogen-bond acceptors (Lipinski definition) is 5. The van der Waals surface area contributed by atoms with E-state index in [1.807, 2.05) is 4.57 Å². The van der Waals surface area contributed by atoms with Gasteiger partial charge in [-0.1, -0.05) is 35.3 Å². The van der Waals surface area contributed by atoms with Crippen molar-refractivity contribution in [2.75, 3.05) is 18.4 Å². The first kappa shape index (κ1) is 22.0. The zero-order chi connectivity index (χ0) is 22.9. The number of hydrogen-bond donors (Lipinski definition) is 2. The Morgan fingerprint density at radius 1 is 1.09 bits per heavy atom. The highest BCUT2D eigenvalue weighted by Crippen LogP contribution is 2.33. The zero-order valence-electron chi connectivity index (χ0n) is 17.5. The molecule has 33 heavy (non-hydrogen) atoms. The third-order valence-electron chi connectivity index (χ3n) is 5.71. The van der Waals surface area contributed by atoms with E-state index in [1.54, 1.807) is 30.5 Å². The standard InChI is InChI=1S/C23H20Cl2F2N6/c24-15-2-1-3-18(27)20(15)22-31-19-11-30-23(29-10-13-4-5-17(26)16(25)8-13)32-21(19)33(22)12-14-6-7-28-9-14/h1-5,8,11,14,28H,6-7,9-10,12H2,(H,29,30,32)/t14-/m1/s1. The van der Waals surface area contributed by atoms with Crippen LogP contribution in [-0.2, 0) is 13.1 Å². The summed E-state index contributed by atoms with van der Waals surface area (Å²) in [5, 5.41) is 6.84. The van der Waals surface area contributed by atoms with Gasteiger partial charge in [0.2, 0.25) is 5.95 Å². The first-order valence-corrected chi connectivity index (χ1v) is 11.3. The van der Waals surface area contributed by atoms with Gasteiger partial charge in [-0.2, -0.15) is 4.98 Å². The maximum absolute atomic E-state index is 14.8. The molecule has 1 atom stereocenters. The fraction of sp³-hybridized carbons (Fsp3) is 0.261. The fourth-order valence-corrected chi connectivity index (χ4v) is 4.49. The summed E-state index contributed by atoms with van der Waals surface area (Å²) in [6.45, 7) is 2.78. The first-order valence-electron chi connectivity index (χ1n) is 10.6. The van der Waals surface area contributed by atoms with Crippen molar-refractivity contribution >= 4 is 40.3 Å². The fourth-order valence-electron chi connectivity index (χ4n) is 4.04. The van der Waals surface area contributed by atoms with Crippen LogP contribution in [0.25, 0.3) is 22.6 Å². The zero-order valence-corrected chi connectivity index (χ0v) is 19.0. The summed E-state index contributed by atoms with van der Waals surface area (Å²) < 4.78 is 30.1. The average Bonchev–Trinajstić information content (AvgIpc) is 3.43. The van der Waals surface area contributed by atoms with E-state index in [4.69, 9.17) is 23.2 Å². The smallest absolute Gasteiger partial charge is 0.225 e. The Kier molecular flexibility index (Phi) is 6.14. The van der Waals surface area contributed by atoms with Crippen LogP contribution in [0.5, 0.6) is 0 Å². The maximum Gasteiger partial charge on any atom is 0.225 e. The van der Waals surface area contributed by atoms with Gasteiger partial charge in [-0.25, -0.2) is 18.7 Å². The quantitative estimate of drug-likeness (QED) is 0.385. The van der Waals surface area contributed by atoms with E-state index in [1.165, 1.54) is 12.1 Å². The number of fused-ring (bicyclic) bond motifs is 1. The van der Waals surface area contributed by atoms with E-state index in [2.05, 4.69) is 25.6 Å². The van der Waals surface area contributed by atoms with E-state index in [0.29, 0.717) is 41.9 Å². The van der Waals surface area contributed by atoms with Gasteiger partial charge in [0.25, 0.3) is 0 Å². The van der Waals surface area contributed by atoms with E-state index in [0.717, 1.165) is 25.1 Å². The van der Waals surface area contributed by atoms with Gasteiger partial charge in [-0.3, -0.25) is 0 Å². The molecule has 0 aliphatic carbocycles. The predicted octanol–water partition coefficient (Wildman–Crippen LogP) is 5.30. The number of benzene rings is 2. The minimum absolute atomic E-state index is 0.0559. The van der Waals surface area contributed by atoms with Crippen LogP contribution in [0, 0.1) is 17.6 Å². The van der Waals surface area contributed by atoms with Crippen LogP contribution in [0.3, 0.4) is 0 Å². The van der Waals surface area contributed by atoms with E-state index >= 15 is 0 Å². The molecule has 2 aromatic carbocycles. The molecule has 1 aliphatic rings. The monoisotopic (exact) mass is 488 g/mol. The third-order valence-corrected chi connectivity index (χ3v) is 6.32. The van der Waals surface area contributed by atoms with Crippen LogP contribution in [0.4, 0.5) is 14.7 Å². The Hall–Kier alpha value is -2.81. The van der Waals surface area contributed by atoms with Gasteiger partial charge in [0.15, 0.2) is 5.65 Å². The summed E-state index contributed by atoms with van der Waals surface area (Å²) in [5.74, 6) is 0.252. The molecule has 5 rings (SSSR count). The van der Waals surface area contributed by atoms with Crippen molar-refractivity contribution in [1.29, 1.82) is 0 Å². The molecule has 2 N–H and O–H groups in total. The summed E-state index contributed by atoms with van der Waals surface area (Å²) in [5.41, 5.74) is 2.17. The summed E-state index contributed by atoms with van der Waals surface area (Å²) in [6, 6.07) is 9.10. The molecule has 6 nitrogen and oxygen atoms in total. The second kappa shape index (κ2) is 9.21. The lowest BCUT2D eigenvalue weighted by molar-refractivity contribution is 0.489. The van der Waals surface area contributed by atoms with Crippen LogP contribution < -0.4 is 10.6 Å². The van der Waals surface area contributed by atoms with Crippen LogP contribution >= 0.6 is 23.2 Å². The highest BCUT2D eigenvalue weighted by Gasteiger charge is 2.24. The van der Waals surface area contributed by atoms with E-state index < -0.39 is 11.6 Å². The lowest BCUT2D eigenvalue weighted by atomic mass is 10.1. The first-order chi connectivity index (χ1) is 16.0. The molecular weight excluding hydrogens is 469 g/mol.